The second kappa shape index (κ2) is 5.21. The first-order valence-corrected chi connectivity index (χ1v) is 6.39. The van der Waals surface area contributed by atoms with Gasteiger partial charge in [0, 0.05) is 13.0 Å². The van der Waals surface area contributed by atoms with Crippen molar-refractivity contribution >= 4 is 17.0 Å². The van der Waals surface area contributed by atoms with Crippen molar-refractivity contribution in [2.45, 2.75) is 39.7 Å². The Morgan fingerprint density at radius 3 is 2.78 bits per heavy atom. The van der Waals surface area contributed by atoms with Gasteiger partial charge in [-0.1, -0.05) is 20.3 Å². The molecule has 0 aliphatic heterocycles. The number of carboxylic acids is 1. The summed E-state index contributed by atoms with van der Waals surface area (Å²) in [6, 6.07) is 5.16. The summed E-state index contributed by atoms with van der Waals surface area (Å²) in [7, 11) is 0. The zero-order valence-corrected chi connectivity index (χ0v) is 10.8. The third-order valence-electron chi connectivity index (χ3n) is 3.13. The first kappa shape index (κ1) is 12.6. The fourth-order valence-corrected chi connectivity index (χ4v) is 2.15. The van der Waals surface area contributed by atoms with Gasteiger partial charge in [0.25, 0.3) is 0 Å². The first-order chi connectivity index (χ1) is 8.67. The summed E-state index contributed by atoms with van der Waals surface area (Å²) < 4.78 is 2.20. The van der Waals surface area contributed by atoms with E-state index in [4.69, 9.17) is 5.11 Å². The number of rotatable bonds is 5. The topological polar surface area (TPSA) is 55.1 Å². The molecule has 1 heterocycles. The number of hydrogen-bond donors (Lipinski definition) is 1. The van der Waals surface area contributed by atoms with Gasteiger partial charge in [-0.3, -0.25) is 0 Å². The maximum atomic E-state index is 10.9. The number of carbonyl (C=O) groups is 1. The highest BCUT2D eigenvalue weighted by Gasteiger charge is 2.11. The Hall–Kier alpha value is -1.84. The highest BCUT2D eigenvalue weighted by molar-refractivity contribution is 5.92. The Kier molecular flexibility index (Phi) is 3.65. The average Bonchev–Trinajstić information content (AvgIpc) is 2.72. The first-order valence-electron chi connectivity index (χ1n) is 6.39. The van der Waals surface area contributed by atoms with E-state index < -0.39 is 5.97 Å². The Balaban J connectivity index is 2.51. The van der Waals surface area contributed by atoms with Crippen LogP contribution in [-0.2, 0) is 13.0 Å². The van der Waals surface area contributed by atoms with Crippen LogP contribution in [0.1, 0.15) is 42.9 Å². The molecule has 1 aromatic carbocycles. The maximum absolute atomic E-state index is 10.9. The van der Waals surface area contributed by atoms with Gasteiger partial charge in [0.1, 0.15) is 5.82 Å². The number of benzene rings is 1. The van der Waals surface area contributed by atoms with Crippen LogP contribution in [0, 0.1) is 0 Å². The lowest BCUT2D eigenvalue weighted by Gasteiger charge is -2.06. The summed E-state index contributed by atoms with van der Waals surface area (Å²) in [6.45, 7) is 5.18. The van der Waals surface area contributed by atoms with Crippen LogP contribution >= 0.6 is 0 Å². The van der Waals surface area contributed by atoms with E-state index in [2.05, 4.69) is 23.4 Å². The summed E-state index contributed by atoms with van der Waals surface area (Å²) in [5, 5.41) is 8.98. The maximum Gasteiger partial charge on any atom is 0.335 e. The van der Waals surface area contributed by atoms with Crippen molar-refractivity contribution in [3.05, 3.63) is 29.6 Å². The van der Waals surface area contributed by atoms with Gasteiger partial charge in [-0.15, -0.1) is 0 Å². The van der Waals surface area contributed by atoms with Gasteiger partial charge < -0.3 is 9.67 Å². The van der Waals surface area contributed by atoms with E-state index in [1.165, 1.54) is 0 Å². The molecule has 0 saturated carbocycles. The minimum absolute atomic E-state index is 0.297. The SMILES string of the molecule is CCCCn1c(CC)nc2cc(C(=O)O)ccc21. The summed E-state index contributed by atoms with van der Waals surface area (Å²) in [4.78, 5) is 15.5. The average molecular weight is 246 g/mol. The standard InChI is InChI=1S/C14H18N2O2/c1-3-5-8-16-12-7-6-10(14(17)18)9-11(12)15-13(16)4-2/h6-7,9H,3-5,8H2,1-2H3,(H,17,18). The minimum Gasteiger partial charge on any atom is -0.478 e. The van der Waals surface area contributed by atoms with Crippen LogP contribution in [0.2, 0.25) is 0 Å². The molecule has 0 aliphatic carbocycles. The fourth-order valence-electron chi connectivity index (χ4n) is 2.15. The monoisotopic (exact) mass is 246 g/mol. The molecule has 0 atom stereocenters. The van der Waals surface area contributed by atoms with Crippen LogP contribution in [0.25, 0.3) is 11.0 Å². The smallest absolute Gasteiger partial charge is 0.335 e. The Bertz CT molecular complexity index is 572. The predicted octanol–water partition coefficient (Wildman–Crippen LogP) is 3.10. The zero-order valence-electron chi connectivity index (χ0n) is 10.8. The van der Waals surface area contributed by atoms with E-state index in [1.807, 2.05) is 6.07 Å². The van der Waals surface area contributed by atoms with E-state index >= 15 is 0 Å². The molecule has 1 aromatic heterocycles. The number of hydrogen-bond acceptors (Lipinski definition) is 2. The van der Waals surface area contributed by atoms with Gasteiger partial charge in [-0.05, 0) is 24.6 Å². The normalized spacial score (nSPS) is 11.0. The molecule has 0 aliphatic rings. The van der Waals surface area contributed by atoms with E-state index in [1.54, 1.807) is 12.1 Å². The van der Waals surface area contributed by atoms with Crippen LogP contribution in [0.5, 0.6) is 0 Å². The second-order valence-corrected chi connectivity index (χ2v) is 4.40. The zero-order chi connectivity index (χ0) is 13.1. The molecule has 0 saturated heterocycles. The molecule has 2 aromatic rings. The summed E-state index contributed by atoms with van der Waals surface area (Å²) >= 11 is 0. The van der Waals surface area contributed by atoms with Gasteiger partial charge >= 0.3 is 5.97 Å². The van der Waals surface area contributed by atoms with Crippen LogP contribution in [-0.4, -0.2) is 20.6 Å². The van der Waals surface area contributed by atoms with E-state index in [0.29, 0.717) is 5.56 Å². The van der Waals surface area contributed by atoms with Crippen LogP contribution in [0.3, 0.4) is 0 Å². The van der Waals surface area contributed by atoms with Crippen molar-refractivity contribution in [2.75, 3.05) is 0 Å². The Labute approximate surface area is 106 Å². The molecular formula is C14H18N2O2. The minimum atomic E-state index is -0.905. The van der Waals surface area contributed by atoms with Crippen molar-refractivity contribution in [3.63, 3.8) is 0 Å². The number of nitrogens with zero attached hydrogens (tertiary/aromatic N) is 2. The molecule has 0 radical (unpaired) electrons. The lowest BCUT2D eigenvalue weighted by atomic mass is 10.2. The number of carboxylic acid groups (broad SMARTS) is 1. The van der Waals surface area contributed by atoms with E-state index in [0.717, 1.165) is 42.7 Å². The molecule has 0 spiro atoms. The van der Waals surface area contributed by atoms with Gasteiger partial charge in [0.15, 0.2) is 0 Å². The Morgan fingerprint density at radius 1 is 1.39 bits per heavy atom. The van der Waals surface area contributed by atoms with Gasteiger partial charge in [-0.25, -0.2) is 9.78 Å². The molecule has 18 heavy (non-hydrogen) atoms. The van der Waals surface area contributed by atoms with Gasteiger partial charge in [0.2, 0.25) is 0 Å². The third-order valence-corrected chi connectivity index (χ3v) is 3.13. The molecule has 0 bridgehead atoms. The van der Waals surface area contributed by atoms with Gasteiger partial charge in [-0.2, -0.15) is 0 Å². The lowest BCUT2D eigenvalue weighted by Crippen LogP contribution is -2.02. The van der Waals surface area contributed by atoms with E-state index in [9.17, 15) is 4.79 Å². The van der Waals surface area contributed by atoms with Crippen molar-refractivity contribution in [1.29, 1.82) is 0 Å². The molecule has 4 nitrogen and oxygen atoms in total. The summed E-state index contributed by atoms with van der Waals surface area (Å²) in [6.07, 6.45) is 3.11. The van der Waals surface area contributed by atoms with Crippen molar-refractivity contribution in [2.24, 2.45) is 0 Å². The fraction of sp³-hybridized carbons (Fsp3) is 0.429. The molecule has 2 rings (SSSR count). The van der Waals surface area contributed by atoms with Crippen molar-refractivity contribution < 1.29 is 9.90 Å². The Morgan fingerprint density at radius 2 is 2.17 bits per heavy atom. The lowest BCUT2D eigenvalue weighted by molar-refractivity contribution is 0.0697. The molecule has 1 N–H and O–H groups in total. The molecule has 0 unspecified atom stereocenters. The van der Waals surface area contributed by atoms with Crippen molar-refractivity contribution in [1.82, 2.24) is 9.55 Å². The molecule has 4 heteroatoms. The number of unbranched alkanes of at least 4 members (excludes halogenated alkanes) is 1. The number of aryl methyl sites for hydroxylation is 2. The summed E-state index contributed by atoms with van der Waals surface area (Å²) in [5.74, 6) is 0.124. The van der Waals surface area contributed by atoms with Crippen LogP contribution < -0.4 is 0 Å². The summed E-state index contributed by atoms with van der Waals surface area (Å²) in [5.41, 5.74) is 2.11. The van der Waals surface area contributed by atoms with Crippen LogP contribution in [0.15, 0.2) is 18.2 Å². The number of fused-ring (bicyclic) bond motifs is 1. The highest BCUT2D eigenvalue weighted by atomic mass is 16.4. The van der Waals surface area contributed by atoms with Gasteiger partial charge in [0.05, 0.1) is 16.6 Å². The largest absolute Gasteiger partial charge is 0.478 e. The van der Waals surface area contributed by atoms with Crippen LogP contribution in [0.4, 0.5) is 0 Å². The number of aromatic carboxylic acids is 1. The van der Waals surface area contributed by atoms with Crippen molar-refractivity contribution in [3.8, 4) is 0 Å². The predicted molar refractivity (Wildman–Crippen MR) is 71.0 cm³/mol. The molecular weight excluding hydrogens is 228 g/mol. The molecule has 96 valence electrons. The number of aromatic nitrogens is 2. The molecule has 0 amide bonds. The van der Waals surface area contributed by atoms with E-state index in [-0.39, 0.29) is 0 Å². The second-order valence-electron chi connectivity index (χ2n) is 4.40. The quantitative estimate of drug-likeness (QED) is 0.882. The highest BCUT2D eigenvalue weighted by Crippen LogP contribution is 2.19. The third kappa shape index (κ3) is 2.23. The molecule has 0 fully saturated rings. The number of imidazole rings is 1.